The molecule has 0 radical (unpaired) electrons. The topological polar surface area (TPSA) is 132 Å². The molecule has 5 N–H and O–H groups in total. The van der Waals surface area contributed by atoms with Crippen LogP contribution in [-0.2, 0) is 23.9 Å². The number of hydrogen-bond donors (Lipinski definition) is 4. The molecule has 9 nitrogen and oxygen atoms in total. The Balaban J connectivity index is 3.76. The number of carbonyl (C=O) groups is 3. The van der Waals surface area contributed by atoms with E-state index in [0.717, 1.165) is 0 Å². The zero-order chi connectivity index (χ0) is 16.6. The maximum atomic E-state index is 11.7. The fourth-order valence-electron chi connectivity index (χ4n) is 1.58. The van der Waals surface area contributed by atoms with Crippen molar-refractivity contribution in [2.75, 3.05) is 46.6 Å². The van der Waals surface area contributed by atoms with Crippen molar-refractivity contribution in [1.29, 1.82) is 0 Å². The van der Waals surface area contributed by atoms with Crippen molar-refractivity contribution in [3.05, 3.63) is 0 Å². The summed E-state index contributed by atoms with van der Waals surface area (Å²) in [6.07, 6.45) is 1.72. The van der Waals surface area contributed by atoms with Gasteiger partial charge in [0.2, 0.25) is 18.2 Å². The average Bonchev–Trinajstić information content (AvgIpc) is 2.53. The summed E-state index contributed by atoms with van der Waals surface area (Å²) >= 11 is 0. The Morgan fingerprint density at radius 2 is 1.95 bits per heavy atom. The average molecular weight is 318 g/mol. The quantitative estimate of drug-likeness (QED) is 0.211. The van der Waals surface area contributed by atoms with Gasteiger partial charge in [-0.3, -0.25) is 14.4 Å². The molecule has 9 heteroatoms. The number of likely N-dealkylation sites (N-methyl/N-ethyl adjacent to an activating group) is 1. The van der Waals surface area contributed by atoms with Crippen molar-refractivity contribution >= 4 is 18.2 Å². The first-order chi connectivity index (χ1) is 10.7. The Morgan fingerprint density at radius 3 is 2.59 bits per heavy atom. The third-order valence-corrected chi connectivity index (χ3v) is 2.67. The molecule has 0 aliphatic carbocycles. The van der Waals surface area contributed by atoms with Gasteiger partial charge in [0.15, 0.2) is 0 Å². The highest BCUT2D eigenvalue weighted by Crippen LogP contribution is 1.96. The largest absolute Gasteiger partial charge is 0.377 e. The van der Waals surface area contributed by atoms with Crippen molar-refractivity contribution < 1.29 is 23.9 Å². The summed E-state index contributed by atoms with van der Waals surface area (Å²) in [6, 6.07) is -0.602. The zero-order valence-electron chi connectivity index (χ0n) is 12.9. The third-order valence-electron chi connectivity index (χ3n) is 2.67. The van der Waals surface area contributed by atoms with Gasteiger partial charge in [-0.05, 0) is 19.4 Å². The predicted molar refractivity (Wildman–Crippen MR) is 80.0 cm³/mol. The first kappa shape index (κ1) is 20.3. The van der Waals surface area contributed by atoms with Gasteiger partial charge in [0, 0.05) is 13.6 Å². The maximum absolute atomic E-state index is 11.7. The summed E-state index contributed by atoms with van der Waals surface area (Å²) in [5.74, 6) is -0.624. The van der Waals surface area contributed by atoms with E-state index in [4.69, 9.17) is 15.2 Å². The molecular weight excluding hydrogens is 292 g/mol. The predicted octanol–water partition coefficient (Wildman–Crippen LogP) is -2.26. The number of rotatable bonds is 14. The van der Waals surface area contributed by atoms with Crippen molar-refractivity contribution in [2.45, 2.75) is 18.9 Å². The van der Waals surface area contributed by atoms with E-state index in [1.807, 2.05) is 0 Å². The lowest BCUT2D eigenvalue weighted by atomic mass is 10.1. The minimum atomic E-state index is -0.602. The molecule has 0 aromatic carbocycles. The molecule has 0 saturated carbocycles. The molecule has 128 valence electrons. The number of carbonyl (C=O) groups excluding carboxylic acids is 3. The number of ether oxygens (including phenoxy) is 2. The van der Waals surface area contributed by atoms with Crippen LogP contribution in [0.1, 0.15) is 12.8 Å². The van der Waals surface area contributed by atoms with Crippen LogP contribution in [0.4, 0.5) is 0 Å². The highest BCUT2D eigenvalue weighted by molar-refractivity contribution is 5.87. The Hall–Kier alpha value is -1.71. The first-order valence-electron chi connectivity index (χ1n) is 7.19. The van der Waals surface area contributed by atoms with Crippen molar-refractivity contribution in [3.8, 4) is 0 Å². The monoisotopic (exact) mass is 318 g/mol. The SMILES string of the molecule is CNC(=O)C(CCCN)NC(=O)COCCOCCNC=O. The minimum absolute atomic E-state index is 0.147. The molecule has 0 heterocycles. The summed E-state index contributed by atoms with van der Waals surface area (Å²) in [6.45, 7) is 1.69. The second kappa shape index (κ2) is 14.2. The summed E-state index contributed by atoms with van der Waals surface area (Å²) in [4.78, 5) is 33.2. The Kier molecular flexibility index (Phi) is 13.1. The minimum Gasteiger partial charge on any atom is -0.377 e. The van der Waals surface area contributed by atoms with E-state index in [2.05, 4.69) is 16.0 Å². The smallest absolute Gasteiger partial charge is 0.246 e. The molecule has 0 fully saturated rings. The standard InChI is InChI=1S/C13H26N4O5/c1-15-13(20)11(3-2-4-14)17-12(19)9-22-8-7-21-6-5-16-10-18/h10-11H,2-9,14H2,1H3,(H,15,20)(H,16,18)(H,17,19). The molecule has 22 heavy (non-hydrogen) atoms. The number of hydrogen-bond acceptors (Lipinski definition) is 6. The van der Waals surface area contributed by atoms with E-state index in [1.54, 1.807) is 0 Å². The van der Waals surface area contributed by atoms with Crippen LogP contribution in [0.5, 0.6) is 0 Å². The summed E-state index contributed by atoms with van der Waals surface area (Å²) in [7, 11) is 1.51. The summed E-state index contributed by atoms with van der Waals surface area (Å²) in [5.41, 5.74) is 5.40. The fourth-order valence-corrected chi connectivity index (χ4v) is 1.58. The van der Waals surface area contributed by atoms with Crippen molar-refractivity contribution in [3.63, 3.8) is 0 Å². The van der Waals surface area contributed by atoms with Crippen LogP contribution in [0.25, 0.3) is 0 Å². The van der Waals surface area contributed by atoms with Gasteiger partial charge in [-0.1, -0.05) is 0 Å². The second-order valence-electron chi connectivity index (χ2n) is 4.40. The van der Waals surface area contributed by atoms with Crippen LogP contribution in [0.2, 0.25) is 0 Å². The van der Waals surface area contributed by atoms with Crippen LogP contribution in [0.15, 0.2) is 0 Å². The molecule has 1 atom stereocenters. The molecule has 0 spiro atoms. The highest BCUT2D eigenvalue weighted by atomic mass is 16.5. The highest BCUT2D eigenvalue weighted by Gasteiger charge is 2.18. The summed E-state index contributed by atoms with van der Waals surface area (Å²) < 4.78 is 10.3. The van der Waals surface area contributed by atoms with Gasteiger partial charge in [-0.25, -0.2) is 0 Å². The van der Waals surface area contributed by atoms with Gasteiger partial charge in [-0.15, -0.1) is 0 Å². The van der Waals surface area contributed by atoms with E-state index >= 15 is 0 Å². The Bertz CT molecular complexity index is 328. The second-order valence-corrected chi connectivity index (χ2v) is 4.40. The van der Waals surface area contributed by atoms with Gasteiger partial charge in [0.1, 0.15) is 12.6 Å². The molecule has 0 aliphatic heterocycles. The third kappa shape index (κ3) is 11.0. The number of amides is 3. The van der Waals surface area contributed by atoms with E-state index in [1.165, 1.54) is 7.05 Å². The molecule has 0 aliphatic rings. The molecule has 0 saturated heterocycles. The van der Waals surface area contributed by atoms with Gasteiger partial charge >= 0.3 is 0 Å². The number of nitrogens with one attached hydrogen (secondary N) is 3. The van der Waals surface area contributed by atoms with Gasteiger partial charge in [0.05, 0.1) is 19.8 Å². The molecule has 0 aromatic rings. The lowest BCUT2D eigenvalue weighted by molar-refractivity contribution is -0.131. The van der Waals surface area contributed by atoms with E-state index in [9.17, 15) is 14.4 Å². The van der Waals surface area contributed by atoms with Crippen LogP contribution in [-0.4, -0.2) is 70.8 Å². The number of nitrogens with two attached hydrogens (primary N) is 1. The van der Waals surface area contributed by atoms with Crippen LogP contribution >= 0.6 is 0 Å². The lowest BCUT2D eigenvalue weighted by Gasteiger charge is -2.17. The molecule has 0 bridgehead atoms. The van der Waals surface area contributed by atoms with E-state index in [-0.39, 0.29) is 25.0 Å². The van der Waals surface area contributed by atoms with Crippen LogP contribution in [0.3, 0.4) is 0 Å². The molecule has 1 unspecified atom stereocenters. The molecular formula is C13H26N4O5. The van der Waals surface area contributed by atoms with E-state index in [0.29, 0.717) is 45.6 Å². The summed E-state index contributed by atoms with van der Waals surface area (Å²) in [5, 5.41) is 7.55. The van der Waals surface area contributed by atoms with Crippen LogP contribution < -0.4 is 21.7 Å². The van der Waals surface area contributed by atoms with Crippen molar-refractivity contribution in [2.24, 2.45) is 5.73 Å². The maximum Gasteiger partial charge on any atom is 0.246 e. The normalized spacial score (nSPS) is 11.5. The molecule has 0 rings (SSSR count). The van der Waals surface area contributed by atoms with Crippen LogP contribution in [0, 0.1) is 0 Å². The Labute approximate surface area is 130 Å². The van der Waals surface area contributed by atoms with Crippen molar-refractivity contribution in [1.82, 2.24) is 16.0 Å². The van der Waals surface area contributed by atoms with Gasteiger partial charge in [-0.2, -0.15) is 0 Å². The zero-order valence-corrected chi connectivity index (χ0v) is 12.9. The fraction of sp³-hybridized carbons (Fsp3) is 0.769. The van der Waals surface area contributed by atoms with Gasteiger partial charge in [0.25, 0.3) is 0 Å². The Morgan fingerprint density at radius 1 is 1.23 bits per heavy atom. The van der Waals surface area contributed by atoms with Gasteiger partial charge < -0.3 is 31.2 Å². The first-order valence-corrected chi connectivity index (χ1v) is 7.19. The molecule has 0 aromatic heterocycles. The molecule has 3 amide bonds. The lowest BCUT2D eigenvalue weighted by Crippen LogP contribution is -2.47. The van der Waals surface area contributed by atoms with E-state index < -0.39 is 6.04 Å².